The molecule has 1 aliphatic heterocycles. The van der Waals surface area contributed by atoms with Crippen molar-refractivity contribution in [3.8, 4) is 0 Å². The van der Waals surface area contributed by atoms with Gasteiger partial charge in [-0.2, -0.15) is 0 Å². The Morgan fingerprint density at radius 3 is 2.07 bits per heavy atom. The molecular weight excluding hydrogens is 360 g/mol. The molecule has 4 rings (SSSR count). The molecular formula is C21H22N2O3S. The van der Waals surface area contributed by atoms with E-state index in [1.165, 1.54) is 0 Å². The molecule has 0 bridgehead atoms. The molecule has 3 aromatic rings. The van der Waals surface area contributed by atoms with Gasteiger partial charge in [0.1, 0.15) is 0 Å². The molecule has 140 valence electrons. The Morgan fingerprint density at radius 2 is 1.56 bits per heavy atom. The Bertz CT molecular complexity index is 1080. The number of fused-ring (bicyclic) bond motifs is 2. The lowest BCUT2D eigenvalue weighted by atomic mass is 10.00. The van der Waals surface area contributed by atoms with Crippen molar-refractivity contribution in [1.82, 2.24) is 9.88 Å². The third kappa shape index (κ3) is 3.18. The lowest BCUT2D eigenvalue weighted by molar-refractivity contribution is 0.0663. The van der Waals surface area contributed by atoms with Gasteiger partial charge in [0.05, 0.1) is 27.6 Å². The fourth-order valence-corrected chi connectivity index (χ4v) is 5.68. The number of nitrogens with zero attached hydrogens (tertiary/aromatic N) is 2. The van der Waals surface area contributed by atoms with E-state index in [2.05, 4.69) is 4.98 Å². The number of benzene rings is 2. The van der Waals surface area contributed by atoms with Crippen molar-refractivity contribution in [2.24, 2.45) is 5.92 Å². The van der Waals surface area contributed by atoms with E-state index in [1.54, 1.807) is 4.90 Å². The smallest absolute Gasteiger partial charge is 0.255 e. The second-order valence-corrected chi connectivity index (χ2v) is 9.90. The third-order valence-electron chi connectivity index (χ3n) is 5.01. The average molecular weight is 382 g/mol. The van der Waals surface area contributed by atoms with Gasteiger partial charge in [-0.25, -0.2) is 13.4 Å². The number of amides is 1. The topological polar surface area (TPSA) is 67.3 Å². The van der Waals surface area contributed by atoms with Crippen LogP contribution in [-0.4, -0.2) is 48.3 Å². The highest BCUT2D eigenvalue weighted by atomic mass is 32.2. The van der Waals surface area contributed by atoms with E-state index in [-0.39, 0.29) is 30.7 Å². The van der Waals surface area contributed by atoms with Gasteiger partial charge in [-0.1, -0.05) is 50.2 Å². The van der Waals surface area contributed by atoms with Crippen molar-refractivity contribution in [3.05, 3.63) is 54.1 Å². The molecule has 0 aliphatic carbocycles. The molecule has 1 saturated heterocycles. The van der Waals surface area contributed by atoms with Crippen LogP contribution in [0.1, 0.15) is 24.2 Å². The minimum atomic E-state index is -3.16. The molecule has 1 amide bonds. The van der Waals surface area contributed by atoms with Gasteiger partial charge >= 0.3 is 0 Å². The summed E-state index contributed by atoms with van der Waals surface area (Å²) in [4.78, 5) is 19.5. The first-order chi connectivity index (χ1) is 12.9. The van der Waals surface area contributed by atoms with Gasteiger partial charge in [0.15, 0.2) is 9.84 Å². The first kappa shape index (κ1) is 17.9. The zero-order valence-electron chi connectivity index (χ0n) is 15.4. The number of carbonyl (C=O) groups excluding carboxylic acids is 1. The zero-order valence-corrected chi connectivity index (χ0v) is 16.2. The van der Waals surface area contributed by atoms with Crippen molar-refractivity contribution in [3.63, 3.8) is 0 Å². The third-order valence-corrected chi connectivity index (χ3v) is 7.46. The maximum absolute atomic E-state index is 13.3. The summed E-state index contributed by atoms with van der Waals surface area (Å²) in [5.74, 6) is 0.134. The number of hydrogen-bond acceptors (Lipinski definition) is 4. The fraction of sp³-hybridized carbons (Fsp3) is 0.333. The van der Waals surface area contributed by atoms with Crippen molar-refractivity contribution in [2.45, 2.75) is 19.1 Å². The lowest BCUT2D eigenvalue weighted by Crippen LogP contribution is -2.57. The average Bonchev–Trinajstić information content (AvgIpc) is 2.56. The number of aromatic nitrogens is 1. The molecule has 2 heterocycles. The Morgan fingerprint density at radius 1 is 1.04 bits per heavy atom. The summed E-state index contributed by atoms with van der Waals surface area (Å²) in [5, 5.41) is 1.15. The number of pyridine rings is 1. The van der Waals surface area contributed by atoms with Crippen LogP contribution in [-0.2, 0) is 9.84 Å². The molecule has 6 heteroatoms. The van der Waals surface area contributed by atoms with E-state index in [4.69, 9.17) is 0 Å². The SMILES string of the molecule is CC(C)CS(=O)(=O)C1CN(C(=O)c2c3ccccc3nc3ccccc23)C1. The second-order valence-electron chi connectivity index (χ2n) is 7.58. The van der Waals surface area contributed by atoms with Crippen LogP contribution in [0.15, 0.2) is 48.5 Å². The number of rotatable bonds is 4. The summed E-state index contributed by atoms with van der Waals surface area (Å²) in [6.45, 7) is 4.32. The van der Waals surface area contributed by atoms with E-state index in [0.29, 0.717) is 5.56 Å². The van der Waals surface area contributed by atoms with Crippen LogP contribution in [0.25, 0.3) is 21.8 Å². The van der Waals surface area contributed by atoms with Crippen LogP contribution in [0.3, 0.4) is 0 Å². The number of carbonyl (C=O) groups is 1. The molecule has 0 spiro atoms. The second kappa shape index (κ2) is 6.60. The number of likely N-dealkylation sites (tertiary alicyclic amines) is 1. The molecule has 0 radical (unpaired) electrons. The summed E-state index contributed by atoms with van der Waals surface area (Å²) in [6.07, 6.45) is 0. The Kier molecular flexibility index (Phi) is 4.38. The predicted molar refractivity (Wildman–Crippen MR) is 108 cm³/mol. The van der Waals surface area contributed by atoms with E-state index in [9.17, 15) is 13.2 Å². The predicted octanol–water partition coefficient (Wildman–Crippen LogP) is 3.28. The Balaban J connectivity index is 1.70. The van der Waals surface area contributed by atoms with Gasteiger partial charge in [-0.3, -0.25) is 4.79 Å². The molecule has 27 heavy (non-hydrogen) atoms. The molecule has 0 unspecified atom stereocenters. The minimum absolute atomic E-state index is 0.0906. The summed E-state index contributed by atoms with van der Waals surface area (Å²) in [7, 11) is -3.16. The van der Waals surface area contributed by atoms with E-state index in [0.717, 1.165) is 21.8 Å². The highest BCUT2D eigenvalue weighted by Crippen LogP contribution is 2.29. The van der Waals surface area contributed by atoms with Gasteiger partial charge < -0.3 is 4.90 Å². The molecule has 0 N–H and O–H groups in total. The van der Waals surface area contributed by atoms with Crippen molar-refractivity contribution in [2.75, 3.05) is 18.8 Å². The summed E-state index contributed by atoms with van der Waals surface area (Å²) >= 11 is 0. The fourth-order valence-electron chi connectivity index (χ4n) is 3.66. The monoisotopic (exact) mass is 382 g/mol. The van der Waals surface area contributed by atoms with Gasteiger partial charge in [0.2, 0.25) is 0 Å². The first-order valence-electron chi connectivity index (χ1n) is 9.15. The largest absolute Gasteiger partial charge is 0.336 e. The highest BCUT2D eigenvalue weighted by Gasteiger charge is 2.40. The Labute approximate surface area is 158 Å². The number of sulfone groups is 1. The summed E-state index contributed by atoms with van der Waals surface area (Å²) < 4.78 is 24.8. The van der Waals surface area contributed by atoms with E-state index in [1.807, 2.05) is 62.4 Å². The summed E-state index contributed by atoms with van der Waals surface area (Å²) in [5.41, 5.74) is 2.14. The van der Waals surface area contributed by atoms with Crippen molar-refractivity contribution in [1.29, 1.82) is 0 Å². The zero-order chi connectivity index (χ0) is 19.2. The summed E-state index contributed by atoms with van der Waals surface area (Å²) in [6, 6.07) is 15.2. The van der Waals surface area contributed by atoms with Gasteiger partial charge in [0, 0.05) is 23.9 Å². The first-order valence-corrected chi connectivity index (χ1v) is 10.9. The van der Waals surface area contributed by atoms with Crippen LogP contribution in [0.4, 0.5) is 0 Å². The number of hydrogen-bond donors (Lipinski definition) is 0. The standard InChI is InChI=1S/C21H22N2O3S/c1-14(2)13-27(25,26)15-11-23(12-15)21(24)20-16-7-3-5-9-18(16)22-19-10-6-4-8-17(19)20/h3-10,14-15H,11-13H2,1-2H3. The highest BCUT2D eigenvalue weighted by molar-refractivity contribution is 7.92. The maximum Gasteiger partial charge on any atom is 0.255 e. The molecule has 0 atom stereocenters. The van der Waals surface area contributed by atoms with Gasteiger partial charge in [0.25, 0.3) is 5.91 Å². The molecule has 1 fully saturated rings. The van der Waals surface area contributed by atoms with Crippen molar-refractivity contribution >= 4 is 37.6 Å². The minimum Gasteiger partial charge on any atom is -0.336 e. The Hall–Kier alpha value is -2.47. The normalized spacial score (nSPS) is 15.4. The number of para-hydroxylation sites is 2. The van der Waals surface area contributed by atoms with Gasteiger partial charge in [-0.05, 0) is 18.1 Å². The maximum atomic E-state index is 13.3. The van der Waals surface area contributed by atoms with Crippen LogP contribution in [0.5, 0.6) is 0 Å². The van der Waals surface area contributed by atoms with E-state index < -0.39 is 15.1 Å². The van der Waals surface area contributed by atoms with Crippen LogP contribution in [0, 0.1) is 5.92 Å². The quantitative estimate of drug-likeness (QED) is 0.650. The molecule has 1 aromatic heterocycles. The molecule has 0 saturated carbocycles. The van der Waals surface area contributed by atoms with Crippen molar-refractivity contribution < 1.29 is 13.2 Å². The molecule has 2 aromatic carbocycles. The van der Waals surface area contributed by atoms with E-state index >= 15 is 0 Å². The van der Waals surface area contributed by atoms with Gasteiger partial charge in [-0.15, -0.1) is 0 Å². The van der Waals surface area contributed by atoms with Crippen LogP contribution in [0.2, 0.25) is 0 Å². The molecule has 1 aliphatic rings. The van der Waals surface area contributed by atoms with Crippen LogP contribution >= 0.6 is 0 Å². The lowest BCUT2D eigenvalue weighted by Gasteiger charge is -2.39. The van der Waals surface area contributed by atoms with Crippen LogP contribution < -0.4 is 0 Å². The molecule has 5 nitrogen and oxygen atoms in total.